The van der Waals surface area contributed by atoms with Crippen molar-refractivity contribution in [2.75, 3.05) is 13.7 Å². The maximum absolute atomic E-state index is 12.4. The SMILES string of the molecule is COC(=O)CCCCCC[C@@H]1C[C@@H](O[C@@H]2CCCCO2)C[C@@H]1C(=O)OC(C)=O. The molecule has 0 N–H and O–H groups in total. The van der Waals surface area contributed by atoms with Gasteiger partial charge in [0.15, 0.2) is 6.29 Å². The van der Waals surface area contributed by atoms with Crippen molar-refractivity contribution in [1.29, 1.82) is 0 Å². The number of carbonyl (C=O) groups excluding carboxylic acids is 3. The largest absolute Gasteiger partial charge is 0.469 e. The molecule has 28 heavy (non-hydrogen) atoms. The first kappa shape index (κ1) is 22.8. The lowest BCUT2D eigenvalue weighted by Gasteiger charge is -2.26. The summed E-state index contributed by atoms with van der Waals surface area (Å²) in [6.07, 6.45) is 9.31. The molecule has 0 amide bonds. The van der Waals surface area contributed by atoms with Crippen molar-refractivity contribution in [2.45, 2.75) is 89.9 Å². The topological polar surface area (TPSA) is 88.1 Å². The van der Waals surface area contributed by atoms with Crippen LogP contribution in [0, 0.1) is 11.8 Å². The summed E-state index contributed by atoms with van der Waals surface area (Å²) in [7, 11) is 1.40. The van der Waals surface area contributed by atoms with E-state index in [0.717, 1.165) is 64.4 Å². The van der Waals surface area contributed by atoms with Crippen molar-refractivity contribution in [2.24, 2.45) is 11.8 Å². The summed E-state index contributed by atoms with van der Waals surface area (Å²) >= 11 is 0. The van der Waals surface area contributed by atoms with Crippen molar-refractivity contribution >= 4 is 17.9 Å². The van der Waals surface area contributed by atoms with E-state index >= 15 is 0 Å². The van der Waals surface area contributed by atoms with Gasteiger partial charge in [-0.05, 0) is 50.9 Å². The van der Waals surface area contributed by atoms with Crippen LogP contribution >= 0.6 is 0 Å². The number of hydrogen-bond acceptors (Lipinski definition) is 7. The van der Waals surface area contributed by atoms with Crippen LogP contribution in [0.5, 0.6) is 0 Å². The van der Waals surface area contributed by atoms with Gasteiger partial charge in [-0.2, -0.15) is 0 Å². The summed E-state index contributed by atoms with van der Waals surface area (Å²) in [6, 6.07) is 0. The molecule has 2 fully saturated rings. The maximum Gasteiger partial charge on any atom is 0.316 e. The van der Waals surface area contributed by atoms with E-state index in [1.807, 2.05) is 0 Å². The third kappa shape index (κ3) is 7.87. The van der Waals surface area contributed by atoms with Crippen molar-refractivity contribution in [3.63, 3.8) is 0 Å². The quantitative estimate of drug-likeness (QED) is 0.316. The van der Waals surface area contributed by atoms with Gasteiger partial charge < -0.3 is 18.9 Å². The highest BCUT2D eigenvalue weighted by atomic mass is 16.7. The smallest absolute Gasteiger partial charge is 0.316 e. The molecular formula is C21H34O7. The Labute approximate surface area is 167 Å². The molecule has 2 rings (SSSR count). The Morgan fingerprint density at radius 3 is 2.50 bits per heavy atom. The first-order valence-corrected chi connectivity index (χ1v) is 10.6. The molecule has 0 radical (unpaired) electrons. The minimum atomic E-state index is -0.563. The molecule has 7 heteroatoms. The van der Waals surface area contributed by atoms with Gasteiger partial charge in [0.05, 0.1) is 19.1 Å². The lowest BCUT2D eigenvalue weighted by atomic mass is 9.90. The first-order valence-electron chi connectivity index (χ1n) is 10.6. The lowest BCUT2D eigenvalue weighted by molar-refractivity contribution is -0.188. The van der Waals surface area contributed by atoms with Crippen molar-refractivity contribution in [3.05, 3.63) is 0 Å². The van der Waals surface area contributed by atoms with Crippen LogP contribution in [-0.4, -0.2) is 44.0 Å². The Bertz CT molecular complexity index is 513. The molecular weight excluding hydrogens is 364 g/mol. The Morgan fingerprint density at radius 1 is 1.04 bits per heavy atom. The van der Waals surface area contributed by atoms with E-state index in [9.17, 15) is 14.4 Å². The summed E-state index contributed by atoms with van der Waals surface area (Å²) in [4.78, 5) is 34.7. The Hall–Kier alpha value is -1.47. The van der Waals surface area contributed by atoms with Crippen LogP contribution < -0.4 is 0 Å². The number of hydrogen-bond donors (Lipinski definition) is 0. The molecule has 2 aliphatic rings. The van der Waals surface area contributed by atoms with Crippen LogP contribution in [0.3, 0.4) is 0 Å². The number of unbranched alkanes of at least 4 members (excludes halogenated alkanes) is 3. The highest BCUT2D eigenvalue weighted by molar-refractivity contribution is 5.85. The maximum atomic E-state index is 12.4. The molecule has 4 atom stereocenters. The second-order valence-corrected chi connectivity index (χ2v) is 7.83. The van der Waals surface area contributed by atoms with E-state index in [1.54, 1.807) is 0 Å². The monoisotopic (exact) mass is 398 g/mol. The number of carbonyl (C=O) groups is 3. The Balaban J connectivity index is 1.78. The van der Waals surface area contributed by atoms with Crippen LogP contribution in [0.15, 0.2) is 0 Å². The third-order valence-electron chi connectivity index (χ3n) is 5.61. The first-order chi connectivity index (χ1) is 13.5. The van der Waals surface area contributed by atoms with Crippen LogP contribution in [0.1, 0.15) is 77.6 Å². The Kier molecular flexibility index (Phi) is 9.92. The van der Waals surface area contributed by atoms with Crippen molar-refractivity contribution in [3.8, 4) is 0 Å². The number of esters is 3. The van der Waals surface area contributed by atoms with Gasteiger partial charge in [-0.25, -0.2) is 0 Å². The van der Waals surface area contributed by atoms with Crippen LogP contribution in [0.25, 0.3) is 0 Å². The van der Waals surface area contributed by atoms with Gasteiger partial charge in [0, 0.05) is 20.0 Å². The molecule has 0 aromatic carbocycles. The van der Waals surface area contributed by atoms with Crippen LogP contribution in [0.2, 0.25) is 0 Å². The van der Waals surface area contributed by atoms with E-state index in [0.29, 0.717) is 12.8 Å². The highest BCUT2D eigenvalue weighted by Gasteiger charge is 2.41. The van der Waals surface area contributed by atoms with Gasteiger partial charge >= 0.3 is 17.9 Å². The van der Waals surface area contributed by atoms with Gasteiger partial charge in [0.25, 0.3) is 0 Å². The van der Waals surface area contributed by atoms with Crippen LogP contribution in [0.4, 0.5) is 0 Å². The van der Waals surface area contributed by atoms with Gasteiger partial charge in [0.2, 0.25) is 0 Å². The molecule has 0 spiro atoms. The van der Waals surface area contributed by atoms with Crippen molar-refractivity contribution < 1.29 is 33.3 Å². The number of methoxy groups -OCH3 is 1. The molecule has 7 nitrogen and oxygen atoms in total. The van der Waals surface area contributed by atoms with E-state index in [4.69, 9.17) is 14.2 Å². The molecule has 0 bridgehead atoms. The fraction of sp³-hybridized carbons (Fsp3) is 0.857. The molecule has 0 aromatic rings. The molecule has 1 saturated carbocycles. The zero-order valence-corrected chi connectivity index (χ0v) is 17.2. The fourth-order valence-electron chi connectivity index (χ4n) is 4.17. The van der Waals surface area contributed by atoms with E-state index in [1.165, 1.54) is 14.0 Å². The summed E-state index contributed by atoms with van der Waals surface area (Å²) in [5.74, 6) is -1.31. The van der Waals surface area contributed by atoms with Gasteiger partial charge in [-0.15, -0.1) is 0 Å². The molecule has 1 saturated heterocycles. The Morgan fingerprint density at radius 2 is 1.82 bits per heavy atom. The molecule has 1 heterocycles. The van der Waals surface area contributed by atoms with Crippen molar-refractivity contribution in [1.82, 2.24) is 0 Å². The molecule has 1 aliphatic carbocycles. The second-order valence-electron chi connectivity index (χ2n) is 7.83. The lowest BCUT2D eigenvalue weighted by Crippen LogP contribution is -2.27. The zero-order valence-electron chi connectivity index (χ0n) is 17.2. The fourth-order valence-corrected chi connectivity index (χ4v) is 4.17. The number of rotatable bonds is 10. The zero-order chi connectivity index (χ0) is 20.4. The summed E-state index contributed by atoms with van der Waals surface area (Å²) in [6.45, 7) is 1.98. The average Bonchev–Trinajstić information content (AvgIpc) is 3.07. The minimum absolute atomic E-state index is 0.0306. The molecule has 0 aromatic heterocycles. The van der Waals surface area contributed by atoms with E-state index < -0.39 is 11.9 Å². The predicted octanol–water partition coefficient (Wildman–Crippen LogP) is 3.53. The van der Waals surface area contributed by atoms with E-state index in [-0.39, 0.29) is 30.2 Å². The average molecular weight is 398 g/mol. The normalized spacial score (nSPS) is 27.4. The highest BCUT2D eigenvalue weighted by Crippen LogP contribution is 2.39. The molecule has 0 unspecified atom stereocenters. The summed E-state index contributed by atoms with van der Waals surface area (Å²) < 4.78 is 21.3. The van der Waals surface area contributed by atoms with Gasteiger partial charge in [-0.1, -0.05) is 19.3 Å². The third-order valence-corrected chi connectivity index (χ3v) is 5.61. The standard InChI is InChI=1S/C21H34O7/c1-15(22)27-21(24)18-14-17(28-20-11-7-8-12-26-20)13-16(18)9-5-3-4-6-10-19(23)25-2/h16-18,20H,3-14H2,1-2H3/t16-,17-,18+,20-/m1/s1. The summed E-state index contributed by atoms with van der Waals surface area (Å²) in [5.41, 5.74) is 0. The summed E-state index contributed by atoms with van der Waals surface area (Å²) in [5, 5.41) is 0. The second kappa shape index (κ2) is 12.2. The van der Waals surface area contributed by atoms with E-state index in [2.05, 4.69) is 4.74 Å². The van der Waals surface area contributed by atoms with Gasteiger partial charge in [-0.3, -0.25) is 14.4 Å². The number of ether oxygens (including phenoxy) is 4. The molecule has 160 valence electrons. The molecule has 1 aliphatic heterocycles. The van der Waals surface area contributed by atoms with Crippen LogP contribution in [-0.2, 0) is 33.3 Å². The minimum Gasteiger partial charge on any atom is -0.469 e. The van der Waals surface area contributed by atoms with Gasteiger partial charge in [0.1, 0.15) is 0 Å². The predicted molar refractivity (Wildman–Crippen MR) is 101 cm³/mol.